The van der Waals surface area contributed by atoms with Crippen molar-refractivity contribution in [3.63, 3.8) is 0 Å². The SMILES string of the molecule is CCOC(=O)NN=C(C)c1ccc(Cl)c(Cl)c1. The Morgan fingerprint density at radius 1 is 1.41 bits per heavy atom. The van der Waals surface area contributed by atoms with Gasteiger partial charge in [0.15, 0.2) is 0 Å². The van der Waals surface area contributed by atoms with Gasteiger partial charge < -0.3 is 4.74 Å². The zero-order valence-corrected chi connectivity index (χ0v) is 11.0. The molecule has 0 spiro atoms. The average molecular weight is 275 g/mol. The van der Waals surface area contributed by atoms with Gasteiger partial charge in [0.1, 0.15) is 0 Å². The second-order valence-electron chi connectivity index (χ2n) is 3.16. The van der Waals surface area contributed by atoms with Crippen LogP contribution in [0.5, 0.6) is 0 Å². The standard InChI is InChI=1S/C11H12Cl2N2O2/c1-3-17-11(16)15-14-7(2)8-4-5-9(12)10(13)6-8/h4-6H,3H2,1-2H3,(H,15,16). The van der Waals surface area contributed by atoms with Gasteiger partial charge in [0.05, 0.1) is 22.4 Å². The van der Waals surface area contributed by atoms with Crippen LogP contribution < -0.4 is 5.43 Å². The molecule has 0 aliphatic rings. The molecule has 1 N–H and O–H groups in total. The van der Waals surface area contributed by atoms with E-state index in [1.54, 1.807) is 32.0 Å². The van der Waals surface area contributed by atoms with Crippen LogP contribution in [0.4, 0.5) is 4.79 Å². The molecule has 17 heavy (non-hydrogen) atoms. The quantitative estimate of drug-likeness (QED) is 0.678. The van der Waals surface area contributed by atoms with Gasteiger partial charge in [0, 0.05) is 0 Å². The van der Waals surface area contributed by atoms with Gasteiger partial charge in [-0.05, 0) is 31.5 Å². The summed E-state index contributed by atoms with van der Waals surface area (Å²) in [7, 11) is 0. The molecule has 1 aromatic rings. The van der Waals surface area contributed by atoms with E-state index in [-0.39, 0.29) is 0 Å². The molecule has 0 saturated heterocycles. The Labute approximate surface area is 110 Å². The fraction of sp³-hybridized carbons (Fsp3) is 0.273. The lowest BCUT2D eigenvalue weighted by Crippen LogP contribution is -2.20. The van der Waals surface area contributed by atoms with E-state index in [1.165, 1.54) is 0 Å². The molecule has 0 heterocycles. The van der Waals surface area contributed by atoms with Gasteiger partial charge in [-0.15, -0.1) is 0 Å². The molecule has 0 atom stereocenters. The van der Waals surface area contributed by atoms with Crippen molar-refractivity contribution in [1.29, 1.82) is 0 Å². The maximum absolute atomic E-state index is 11.0. The van der Waals surface area contributed by atoms with E-state index in [2.05, 4.69) is 15.3 Å². The van der Waals surface area contributed by atoms with Crippen molar-refractivity contribution in [2.24, 2.45) is 5.10 Å². The molecule has 0 saturated carbocycles. The molecular formula is C11H12Cl2N2O2. The van der Waals surface area contributed by atoms with Gasteiger partial charge in [-0.2, -0.15) is 5.10 Å². The summed E-state index contributed by atoms with van der Waals surface area (Å²) in [4.78, 5) is 11.0. The summed E-state index contributed by atoms with van der Waals surface area (Å²) in [6.07, 6.45) is -0.591. The zero-order valence-electron chi connectivity index (χ0n) is 9.46. The molecule has 0 aliphatic heterocycles. The van der Waals surface area contributed by atoms with Crippen molar-refractivity contribution in [3.05, 3.63) is 33.8 Å². The van der Waals surface area contributed by atoms with Crippen molar-refractivity contribution >= 4 is 35.0 Å². The predicted octanol–water partition coefficient (Wildman–Crippen LogP) is 3.46. The number of ether oxygens (including phenoxy) is 1. The van der Waals surface area contributed by atoms with Gasteiger partial charge in [-0.25, -0.2) is 10.2 Å². The maximum Gasteiger partial charge on any atom is 0.427 e. The summed E-state index contributed by atoms with van der Waals surface area (Å²) < 4.78 is 4.67. The van der Waals surface area contributed by atoms with E-state index >= 15 is 0 Å². The first-order valence-corrected chi connectivity index (χ1v) is 5.72. The van der Waals surface area contributed by atoms with Crippen LogP contribution in [0.3, 0.4) is 0 Å². The summed E-state index contributed by atoms with van der Waals surface area (Å²) in [5.74, 6) is 0. The number of halogens is 2. The van der Waals surface area contributed by atoms with E-state index in [0.717, 1.165) is 5.56 Å². The molecule has 4 nitrogen and oxygen atoms in total. The number of hydrogen-bond acceptors (Lipinski definition) is 3. The van der Waals surface area contributed by atoms with Crippen molar-refractivity contribution in [3.8, 4) is 0 Å². The predicted molar refractivity (Wildman–Crippen MR) is 68.8 cm³/mol. The van der Waals surface area contributed by atoms with Gasteiger partial charge in [-0.3, -0.25) is 0 Å². The second-order valence-corrected chi connectivity index (χ2v) is 3.97. The van der Waals surface area contributed by atoms with E-state index in [0.29, 0.717) is 22.4 Å². The molecule has 0 radical (unpaired) electrons. The molecule has 0 aromatic heterocycles. The smallest absolute Gasteiger partial charge is 0.427 e. The molecular weight excluding hydrogens is 263 g/mol. The lowest BCUT2D eigenvalue weighted by atomic mass is 10.1. The van der Waals surface area contributed by atoms with Crippen LogP contribution >= 0.6 is 23.2 Å². The summed E-state index contributed by atoms with van der Waals surface area (Å²) in [6.45, 7) is 3.76. The molecule has 92 valence electrons. The molecule has 1 aromatic carbocycles. The normalized spacial score (nSPS) is 11.2. The number of rotatable bonds is 3. The molecule has 0 fully saturated rings. The van der Waals surface area contributed by atoms with Gasteiger partial charge in [0.2, 0.25) is 0 Å². The third kappa shape index (κ3) is 4.24. The molecule has 1 amide bonds. The van der Waals surface area contributed by atoms with E-state index in [1.807, 2.05) is 0 Å². The highest BCUT2D eigenvalue weighted by Gasteiger charge is 2.03. The first kappa shape index (κ1) is 13.8. The van der Waals surface area contributed by atoms with E-state index in [9.17, 15) is 4.79 Å². The van der Waals surface area contributed by atoms with Crippen LogP contribution in [-0.2, 0) is 4.74 Å². The first-order valence-electron chi connectivity index (χ1n) is 4.97. The summed E-state index contributed by atoms with van der Waals surface area (Å²) in [6, 6.07) is 5.11. The van der Waals surface area contributed by atoms with Crippen LogP contribution in [-0.4, -0.2) is 18.4 Å². The molecule has 0 aliphatic carbocycles. The molecule has 1 rings (SSSR count). The van der Waals surface area contributed by atoms with Crippen LogP contribution in [0.15, 0.2) is 23.3 Å². The minimum atomic E-state index is -0.591. The number of hydrazone groups is 1. The molecule has 6 heteroatoms. The van der Waals surface area contributed by atoms with Crippen LogP contribution in [0.25, 0.3) is 0 Å². The van der Waals surface area contributed by atoms with Gasteiger partial charge >= 0.3 is 6.09 Å². The second kappa shape index (κ2) is 6.47. The molecule has 0 bridgehead atoms. The third-order valence-corrected chi connectivity index (χ3v) is 2.67. The first-order chi connectivity index (χ1) is 8.04. The Morgan fingerprint density at radius 3 is 2.71 bits per heavy atom. The summed E-state index contributed by atoms with van der Waals surface area (Å²) in [5, 5.41) is 4.79. The highest BCUT2D eigenvalue weighted by Crippen LogP contribution is 2.22. The Balaban J connectivity index is 2.74. The lowest BCUT2D eigenvalue weighted by molar-refractivity contribution is 0.152. The minimum absolute atomic E-state index is 0.299. The van der Waals surface area contributed by atoms with Crippen LogP contribution in [0.2, 0.25) is 10.0 Å². The van der Waals surface area contributed by atoms with E-state index in [4.69, 9.17) is 23.2 Å². The number of hydrogen-bond donors (Lipinski definition) is 1. The number of benzene rings is 1. The highest BCUT2D eigenvalue weighted by atomic mass is 35.5. The average Bonchev–Trinajstić information content (AvgIpc) is 2.30. The summed E-state index contributed by atoms with van der Waals surface area (Å²) in [5.41, 5.74) is 3.65. The molecule has 0 unspecified atom stereocenters. The minimum Gasteiger partial charge on any atom is -0.449 e. The number of nitrogens with one attached hydrogen (secondary N) is 1. The lowest BCUT2D eigenvalue weighted by Gasteiger charge is -2.04. The zero-order chi connectivity index (χ0) is 12.8. The number of nitrogens with zero attached hydrogens (tertiary/aromatic N) is 1. The number of carbonyl (C=O) groups excluding carboxylic acids is 1. The van der Waals surface area contributed by atoms with Crippen molar-refractivity contribution < 1.29 is 9.53 Å². The van der Waals surface area contributed by atoms with E-state index < -0.39 is 6.09 Å². The van der Waals surface area contributed by atoms with Crippen molar-refractivity contribution in [1.82, 2.24) is 5.43 Å². The Bertz CT molecular complexity index is 447. The van der Waals surface area contributed by atoms with Crippen LogP contribution in [0, 0.1) is 0 Å². The highest BCUT2D eigenvalue weighted by molar-refractivity contribution is 6.42. The Hall–Kier alpha value is -1.26. The monoisotopic (exact) mass is 274 g/mol. The topological polar surface area (TPSA) is 50.7 Å². The van der Waals surface area contributed by atoms with Gasteiger partial charge in [-0.1, -0.05) is 29.3 Å². The number of amides is 1. The van der Waals surface area contributed by atoms with Gasteiger partial charge in [0.25, 0.3) is 0 Å². The summed E-state index contributed by atoms with van der Waals surface area (Å²) >= 11 is 11.7. The fourth-order valence-electron chi connectivity index (χ4n) is 1.08. The Kier molecular flexibility index (Phi) is 5.25. The fourth-order valence-corrected chi connectivity index (χ4v) is 1.38. The van der Waals surface area contributed by atoms with Crippen molar-refractivity contribution in [2.45, 2.75) is 13.8 Å². The Morgan fingerprint density at radius 2 is 2.12 bits per heavy atom. The van der Waals surface area contributed by atoms with Crippen LogP contribution in [0.1, 0.15) is 19.4 Å². The third-order valence-electron chi connectivity index (χ3n) is 1.93. The largest absolute Gasteiger partial charge is 0.449 e. The maximum atomic E-state index is 11.0. The number of carbonyl (C=O) groups is 1. The van der Waals surface area contributed by atoms with Crippen molar-refractivity contribution in [2.75, 3.05) is 6.61 Å².